The number of methoxy groups -OCH3 is 2. The van der Waals surface area contributed by atoms with Crippen LogP contribution in [0.1, 0.15) is 11.1 Å². The highest BCUT2D eigenvalue weighted by molar-refractivity contribution is 5.80. The summed E-state index contributed by atoms with van der Waals surface area (Å²) in [6.45, 7) is 2.94. The average Bonchev–Trinajstić information content (AvgIpc) is 3.10. The first kappa shape index (κ1) is 18.1. The molecule has 0 atom stereocenters. The predicted octanol–water partition coefficient (Wildman–Crippen LogP) is 5.27. The average molecular weight is 372 g/mol. The molecule has 1 heterocycles. The lowest BCUT2D eigenvalue weighted by atomic mass is 10.1. The van der Waals surface area contributed by atoms with Gasteiger partial charge in [-0.2, -0.15) is 0 Å². The molecule has 0 saturated heterocycles. The first-order valence-corrected chi connectivity index (χ1v) is 9.43. The van der Waals surface area contributed by atoms with Crippen LogP contribution in [-0.4, -0.2) is 23.8 Å². The minimum atomic E-state index is 0.750. The molecule has 0 unspecified atom stereocenters. The Morgan fingerprint density at radius 1 is 0.857 bits per heavy atom. The standard InChI is InChI=1S/C24H24N2O2/c1-17-7-6-8-19(15-17)24-25-20-9-4-5-10-21(20)26(24)14-13-18-11-12-22(27-2)23(16-18)28-3/h4-12,15-16H,13-14H2,1-3H3. The van der Waals surface area contributed by atoms with Gasteiger partial charge in [0.05, 0.1) is 25.3 Å². The smallest absolute Gasteiger partial charge is 0.160 e. The largest absolute Gasteiger partial charge is 0.493 e. The number of imidazole rings is 1. The van der Waals surface area contributed by atoms with Crippen molar-refractivity contribution in [1.82, 2.24) is 9.55 Å². The lowest BCUT2D eigenvalue weighted by Gasteiger charge is -2.12. The van der Waals surface area contributed by atoms with E-state index < -0.39 is 0 Å². The molecule has 3 aromatic carbocycles. The van der Waals surface area contributed by atoms with Crippen molar-refractivity contribution < 1.29 is 9.47 Å². The molecule has 0 aliphatic heterocycles. The van der Waals surface area contributed by atoms with Gasteiger partial charge in [0.15, 0.2) is 11.5 Å². The Hall–Kier alpha value is -3.27. The molecule has 0 fully saturated rings. The van der Waals surface area contributed by atoms with E-state index in [2.05, 4.69) is 60.0 Å². The van der Waals surface area contributed by atoms with Gasteiger partial charge in [-0.1, -0.05) is 42.0 Å². The summed E-state index contributed by atoms with van der Waals surface area (Å²) in [5.41, 5.74) is 5.75. The summed E-state index contributed by atoms with van der Waals surface area (Å²) in [6, 6.07) is 22.9. The van der Waals surface area contributed by atoms with Crippen molar-refractivity contribution in [2.24, 2.45) is 0 Å². The topological polar surface area (TPSA) is 36.3 Å². The van der Waals surface area contributed by atoms with E-state index in [1.807, 2.05) is 18.2 Å². The summed E-state index contributed by atoms with van der Waals surface area (Å²) in [5, 5.41) is 0. The number of hydrogen-bond donors (Lipinski definition) is 0. The van der Waals surface area contributed by atoms with Gasteiger partial charge in [0.25, 0.3) is 0 Å². The van der Waals surface area contributed by atoms with Crippen molar-refractivity contribution >= 4 is 11.0 Å². The number of ether oxygens (including phenoxy) is 2. The van der Waals surface area contributed by atoms with Crippen molar-refractivity contribution in [3.63, 3.8) is 0 Å². The van der Waals surface area contributed by atoms with Crippen LogP contribution >= 0.6 is 0 Å². The highest BCUT2D eigenvalue weighted by atomic mass is 16.5. The van der Waals surface area contributed by atoms with E-state index in [4.69, 9.17) is 14.5 Å². The van der Waals surface area contributed by atoms with Crippen molar-refractivity contribution in [2.45, 2.75) is 19.9 Å². The van der Waals surface area contributed by atoms with Crippen molar-refractivity contribution in [1.29, 1.82) is 0 Å². The van der Waals surface area contributed by atoms with Gasteiger partial charge in [-0.05, 0) is 49.2 Å². The van der Waals surface area contributed by atoms with E-state index in [0.29, 0.717) is 0 Å². The molecule has 28 heavy (non-hydrogen) atoms. The molecule has 0 saturated carbocycles. The predicted molar refractivity (Wildman–Crippen MR) is 113 cm³/mol. The highest BCUT2D eigenvalue weighted by Gasteiger charge is 2.13. The van der Waals surface area contributed by atoms with Crippen LogP contribution in [0.2, 0.25) is 0 Å². The van der Waals surface area contributed by atoms with E-state index in [-0.39, 0.29) is 0 Å². The van der Waals surface area contributed by atoms with E-state index in [0.717, 1.165) is 46.9 Å². The van der Waals surface area contributed by atoms with Crippen LogP contribution in [0.3, 0.4) is 0 Å². The van der Waals surface area contributed by atoms with Crippen LogP contribution in [0, 0.1) is 6.92 Å². The molecule has 0 aliphatic carbocycles. The Morgan fingerprint density at radius 3 is 2.46 bits per heavy atom. The van der Waals surface area contributed by atoms with Gasteiger partial charge >= 0.3 is 0 Å². The Morgan fingerprint density at radius 2 is 1.68 bits per heavy atom. The minimum Gasteiger partial charge on any atom is -0.493 e. The second-order valence-electron chi connectivity index (χ2n) is 6.88. The molecule has 0 N–H and O–H groups in total. The zero-order valence-electron chi connectivity index (χ0n) is 16.5. The lowest BCUT2D eigenvalue weighted by Crippen LogP contribution is -2.04. The summed E-state index contributed by atoms with van der Waals surface area (Å²) >= 11 is 0. The molecular formula is C24H24N2O2. The summed E-state index contributed by atoms with van der Waals surface area (Å²) in [5.74, 6) is 2.51. The summed E-state index contributed by atoms with van der Waals surface area (Å²) < 4.78 is 13.1. The summed E-state index contributed by atoms with van der Waals surface area (Å²) in [7, 11) is 3.32. The number of fused-ring (bicyclic) bond motifs is 1. The number of nitrogens with zero attached hydrogens (tertiary/aromatic N) is 2. The minimum absolute atomic E-state index is 0.750. The quantitative estimate of drug-likeness (QED) is 0.462. The fourth-order valence-corrected chi connectivity index (χ4v) is 3.58. The Bertz CT molecular complexity index is 1110. The molecule has 0 bridgehead atoms. The van der Waals surface area contributed by atoms with Gasteiger partial charge in [-0.15, -0.1) is 0 Å². The van der Waals surface area contributed by atoms with Gasteiger partial charge in [0.1, 0.15) is 5.82 Å². The van der Waals surface area contributed by atoms with Crippen LogP contribution in [-0.2, 0) is 13.0 Å². The molecule has 4 nitrogen and oxygen atoms in total. The number of aryl methyl sites for hydroxylation is 3. The van der Waals surface area contributed by atoms with Gasteiger partial charge in [0.2, 0.25) is 0 Å². The fraction of sp³-hybridized carbons (Fsp3) is 0.208. The molecule has 0 spiro atoms. The van der Waals surface area contributed by atoms with E-state index >= 15 is 0 Å². The molecule has 4 rings (SSSR count). The first-order valence-electron chi connectivity index (χ1n) is 9.43. The molecule has 4 heteroatoms. The van der Waals surface area contributed by atoms with E-state index in [1.165, 1.54) is 11.1 Å². The van der Waals surface area contributed by atoms with Crippen LogP contribution < -0.4 is 9.47 Å². The Labute approximate surface area is 165 Å². The van der Waals surface area contributed by atoms with Gasteiger partial charge in [0, 0.05) is 12.1 Å². The maximum atomic E-state index is 5.45. The second-order valence-corrected chi connectivity index (χ2v) is 6.88. The van der Waals surface area contributed by atoms with Crippen molar-refractivity contribution in [3.8, 4) is 22.9 Å². The maximum absolute atomic E-state index is 5.45. The normalized spacial score (nSPS) is 11.0. The van der Waals surface area contributed by atoms with Gasteiger partial charge in [-0.3, -0.25) is 0 Å². The summed E-state index contributed by atoms with van der Waals surface area (Å²) in [4.78, 5) is 4.92. The van der Waals surface area contributed by atoms with Gasteiger partial charge < -0.3 is 14.0 Å². The number of hydrogen-bond acceptors (Lipinski definition) is 3. The molecule has 1 aromatic heterocycles. The number of rotatable bonds is 6. The second kappa shape index (κ2) is 7.77. The third-order valence-electron chi connectivity index (χ3n) is 5.00. The van der Waals surface area contributed by atoms with E-state index in [1.54, 1.807) is 14.2 Å². The fourth-order valence-electron chi connectivity index (χ4n) is 3.58. The Balaban J connectivity index is 1.71. The molecular weight excluding hydrogens is 348 g/mol. The monoisotopic (exact) mass is 372 g/mol. The van der Waals surface area contributed by atoms with Crippen LogP contribution in [0.25, 0.3) is 22.4 Å². The number of benzene rings is 3. The molecule has 0 amide bonds. The molecule has 4 aromatic rings. The van der Waals surface area contributed by atoms with Crippen molar-refractivity contribution in [3.05, 3.63) is 77.9 Å². The SMILES string of the molecule is COc1ccc(CCn2c(-c3cccc(C)c3)nc3ccccc32)cc1OC. The van der Waals surface area contributed by atoms with Crippen LogP contribution in [0.15, 0.2) is 66.7 Å². The molecule has 142 valence electrons. The van der Waals surface area contributed by atoms with Crippen molar-refractivity contribution in [2.75, 3.05) is 14.2 Å². The maximum Gasteiger partial charge on any atom is 0.160 e. The molecule has 0 aliphatic rings. The number of para-hydroxylation sites is 2. The van der Waals surface area contributed by atoms with Gasteiger partial charge in [-0.25, -0.2) is 4.98 Å². The first-order chi connectivity index (χ1) is 13.7. The van der Waals surface area contributed by atoms with Crippen LogP contribution in [0.4, 0.5) is 0 Å². The third-order valence-corrected chi connectivity index (χ3v) is 5.00. The van der Waals surface area contributed by atoms with E-state index in [9.17, 15) is 0 Å². The third kappa shape index (κ3) is 3.46. The highest BCUT2D eigenvalue weighted by Crippen LogP contribution is 2.29. The zero-order valence-corrected chi connectivity index (χ0v) is 16.5. The molecule has 0 radical (unpaired) electrons. The zero-order chi connectivity index (χ0) is 19.5. The lowest BCUT2D eigenvalue weighted by molar-refractivity contribution is 0.354. The Kier molecular flexibility index (Phi) is 5.02. The summed E-state index contributed by atoms with van der Waals surface area (Å²) in [6.07, 6.45) is 0.875. The number of aromatic nitrogens is 2. The van der Waals surface area contributed by atoms with Crippen LogP contribution in [0.5, 0.6) is 11.5 Å².